The fraction of sp³-hybridized carbons (Fsp3) is 0.136. The van der Waals surface area contributed by atoms with Crippen molar-refractivity contribution in [2.24, 2.45) is 0 Å². The molecule has 0 spiro atoms. The third-order valence-electron chi connectivity index (χ3n) is 4.01. The lowest BCUT2D eigenvalue weighted by Gasteiger charge is -2.15. The molecule has 0 saturated heterocycles. The zero-order valence-corrected chi connectivity index (χ0v) is 14.7. The molecule has 0 heterocycles. The summed E-state index contributed by atoms with van der Waals surface area (Å²) in [5, 5.41) is 5.76. The minimum atomic E-state index is -0.237. The van der Waals surface area contributed by atoms with Crippen LogP contribution in [0.2, 0.25) is 0 Å². The van der Waals surface area contributed by atoms with Gasteiger partial charge in [-0.1, -0.05) is 60.7 Å². The van der Waals surface area contributed by atoms with Crippen LogP contribution < -0.4 is 15.4 Å². The van der Waals surface area contributed by atoms with E-state index in [9.17, 15) is 4.79 Å². The van der Waals surface area contributed by atoms with Crippen molar-refractivity contribution in [3.63, 3.8) is 0 Å². The van der Waals surface area contributed by atoms with Gasteiger partial charge in [0.15, 0.2) is 0 Å². The number of carbonyl (C=O) groups is 1. The molecular formula is C22H22N2O2. The van der Waals surface area contributed by atoms with Gasteiger partial charge in [-0.15, -0.1) is 0 Å². The topological polar surface area (TPSA) is 50.4 Å². The van der Waals surface area contributed by atoms with E-state index in [1.807, 2.05) is 91.9 Å². The van der Waals surface area contributed by atoms with Gasteiger partial charge in [-0.3, -0.25) is 0 Å². The number of hydrogen-bond acceptors (Lipinski definition) is 2. The van der Waals surface area contributed by atoms with E-state index in [-0.39, 0.29) is 12.1 Å². The van der Waals surface area contributed by atoms with Crippen LogP contribution in [0.15, 0.2) is 84.9 Å². The van der Waals surface area contributed by atoms with Crippen molar-refractivity contribution in [1.82, 2.24) is 5.32 Å². The second-order valence-corrected chi connectivity index (χ2v) is 6.03. The van der Waals surface area contributed by atoms with Crippen molar-refractivity contribution in [2.45, 2.75) is 19.6 Å². The standard InChI is InChI=1S/C22H22N2O2/c1-17(19-10-6-3-7-11-19)23-22(25)24-20-12-14-21(15-13-20)26-16-18-8-4-2-5-9-18/h2-15,17H,16H2,1H3,(H2,23,24,25). The number of benzene rings is 3. The van der Waals surface area contributed by atoms with Gasteiger partial charge in [0.2, 0.25) is 0 Å². The highest BCUT2D eigenvalue weighted by Crippen LogP contribution is 2.17. The van der Waals surface area contributed by atoms with Crippen LogP contribution in [0, 0.1) is 0 Å². The van der Waals surface area contributed by atoms with Gasteiger partial charge in [-0.2, -0.15) is 0 Å². The largest absolute Gasteiger partial charge is 0.489 e. The lowest BCUT2D eigenvalue weighted by atomic mass is 10.1. The maximum atomic E-state index is 12.1. The normalized spacial score (nSPS) is 11.4. The summed E-state index contributed by atoms with van der Waals surface area (Å²) in [6.45, 7) is 2.47. The van der Waals surface area contributed by atoms with E-state index in [4.69, 9.17) is 4.74 Å². The zero-order chi connectivity index (χ0) is 18.2. The van der Waals surface area contributed by atoms with E-state index in [0.717, 1.165) is 22.6 Å². The molecule has 0 fully saturated rings. The Bertz CT molecular complexity index is 818. The maximum Gasteiger partial charge on any atom is 0.319 e. The summed E-state index contributed by atoms with van der Waals surface area (Å²) in [5.74, 6) is 0.762. The van der Waals surface area contributed by atoms with Crippen molar-refractivity contribution in [1.29, 1.82) is 0 Å². The van der Waals surface area contributed by atoms with E-state index >= 15 is 0 Å². The Morgan fingerprint density at radius 1 is 0.885 bits per heavy atom. The summed E-state index contributed by atoms with van der Waals surface area (Å²) < 4.78 is 5.75. The molecule has 1 atom stereocenters. The summed E-state index contributed by atoms with van der Waals surface area (Å²) in [6.07, 6.45) is 0. The summed E-state index contributed by atoms with van der Waals surface area (Å²) in [4.78, 5) is 12.1. The highest BCUT2D eigenvalue weighted by atomic mass is 16.5. The van der Waals surface area contributed by atoms with E-state index in [0.29, 0.717) is 6.61 Å². The third kappa shape index (κ3) is 5.11. The van der Waals surface area contributed by atoms with Crippen LogP contribution >= 0.6 is 0 Å². The zero-order valence-electron chi connectivity index (χ0n) is 14.7. The van der Waals surface area contributed by atoms with Crippen LogP contribution in [-0.2, 0) is 6.61 Å². The highest BCUT2D eigenvalue weighted by molar-refractivity contribution is 5.89. The van der Waals surface area contributed by atoms with E-state index in [1.165, 1.54) is 0 Å². The number of rotatable bonds is 6. The van der Waals surface area contributed by atoms with Crippen LogP contribution in [-0.4, -0.2) is 6.03 Å². The second kappa shape index (κ2) is 8.72. The van der Waals surface area contributed by atoms with Crippen LogP contribution in [0.25, 0.3) is 0 Å². The SMILES string of the molecule is CC(NC(=O)Nc1ccc(OCc2ccccc2)cc1)c1ccccc1. The Balaban J connectivity index is 1.50. The molecule has 0 bridgehead atoms. The monoisotopic (exact) mass is 346 g/mol. The van der Waals surface area contributed by atoms with Gasteiger partial charge in [0.1, 0.15) is 12.4 Å². The van der Waals surface area contributed by atoms with E-state index < -0.39 is 0 Å². The lowest BCUT2D eigenvalue weighted by Crippen LogP contribution is -2.31. The fourth-order valence-corrected chi connectivity index (χ4v) is 2.56. The van der Waals surface area contributed by atoms with E-state index in [1.54, 1.807) is 0 Å². The number of carbonyl (C=O) groups excluding carboxylic acids is 1. The Kier molecular flexibility index (Phi) is 5.88. The molecule has 26 heavy (non-hydrogen) atoms. The van der Waals surface area contributed by atoms with Crippen LogP contribution in [0.1, 0.15) is 24.1 Å². The molecule has 0 aliphatic rings. The molecule has 2 amide bonds. The molecule has 3 rings (SSSR count). The minimum absolute atomic E-state index is 0.0651. The molecule has 0 aromatic heterocycles. The van der Waals surface area contributed by atoms with Crippen molar-refractivity contribution < 1.29 is 9.53 Å². The molecule has 132 valence electrons. The molecule has 1 unspecified atom stereocenters. The van der Waals surface area contributed by atoms with Crippen LogP contribution in [0.4, 0.5) is 10.5 Å². The molecule has 2 N–H and O–H groups in total. The fourth-order valence-electron chi connectivity index (χ4n) is 2.56. The molecule has 0 aliphatic heterocycles. The molecule has 0 aliphatic carbocycles. The van der Waals surface area contributed by atoms with Crippen molar-refractivity contribution in [3.05, 3.63) is 96.1 Å². The molecule has 3 aromatic rings. The second-order valence-electron chi connectivity index (χ2n) is 6.03. The average Bonchev–Trinajstić information content (AvgIpc) is 2.69. The van der Waals surface area contributed by atoms with Crippen molar-refractivity contribution in [2.75, 3.05) is 5.32 Å². The van der Waals surface area contributed by atoms with Gasteiger partial charge in [-0.05, 0) is 42.3 Å². The van der Waals surface area contributed by atoms with Gasteiger partial charge in [0.05, 0.1) is 6.04 Å². The molecular weight excluding hydrogens is 324 g/mol. The first-order chi connectivity index (χ1) is 12.7. The predicted molar refractivity (Wildman–Crippen MR) is 104 cm³/mol. The van der Waals surface area contributed by atoms with E-state index in [2.05, 4.69) is 10.6 Å². The summed E-state index contributed by atoms with van der Waals surface area (Å²) >= 11 is 0. The number of anilines is 1. The maximum absolute atomic E-state index is 12.1. The van der Waals surface area contributed by atoms with Gasteiger partial charge in [-0.25, -0.2) is 4.79 Å². The summed E-state index contributed by atoms with van der Waals surface area (Å²) in [5.41, 5.74) is 2.89. The number of urea groups is 1. The molecule has 4 nitrogen and oxygen atoms in total. The minimum Gasteiger partial charge on any atom is -0.489 e. The van der Waals surface area contributed by atoms with Crippen molar-refractivity contribution >= 4 is 11.7 Å². The third-order valence-corrected chi connectivity index (χ3v) is 4.01. The van der Waals surface area contributed by atoms with Crippen molar-refractivity contribution in [3.8, 4) is 5.75 Å². The Morgan fingerprint density at radius 2 is 1.50 bits per heavy atom. The highest BCUT2D eigenvalue weighted by Gasteiger charge is 2.09. The number of amides is 2. The number of hydrogen-bond donors (Lipinski definition) is 2. The predicted octanol–water partition coefficient (Wildman–Crippen LogP) is 5.15. The first kappa shape index (κ1) is 17.5. The number of nitrogens with one attached hydrogen (secondary N) is 2. The van der Waals surface area contributed by atoms with Crippen LogP contribution in [0.5, 0.6) is 5.75 Å². The van der Waals surface area contributed by atoms with Gasteiger partial charge in [0.25, 0.3) is 0 Å². The Labute approximate surface area is 153 Å². The van der Waals surface area contributed by atoms with Crippen LogP contribution in [0.3, 0.4) is 0 Å². The summed E-state index contributed by atoms with van der Waals surface area (Å²) in [7, 11) is 0. The first-order valence-electron chi connectivity index (χ1n) is 8.60. The smallest absolute Gasteiger partial charge is 0.319 e. The summed E-state index contributed by atoms with van der Waals surface area (Å²) in [6, 6.07) is 26.9. The Hall–Kier alpha value is -3.27. The quantitative estimate of drug-likeness (QED) is 0.648. The van der Waals surface area contributed by atoms with Gasteiger partial charge >= 0.3 is 6.03 Å². The molecule has 4 heteroatoms. The molecule has 0 radical (unpaired) electrons. The molecule has 3 aromatic carbocycles. The first-order valence-corrected chi connectivity index (χ1v) is 8.60. The Morgan fingerprint density at radius 3 is 2.15 bits per heavy atom. The molecule has 0 saturated carbocycles. The lowest BCUT2D eigenvalue weighted by molar-refractivity contribution is 0.249. The average molecular weight is 346 g/mol. The number of ether oxygens (including phenoxy) is 1. The van der Waals surface area contributed by atoms with Gasteiger partial charge in [0, 0.05) is 5.69 Å². The van der Waals surface area contributed by atoms with Gasteiger partial charge < -0.3 is 15.4 Å².